The van der Waals surface area contributed by atoms with Crippen LogP contribution in [-0.2, 0) is 22.7 Å². The maximum Gasteiger partial charge on any atom is 0.216 e. The maximum atomic E-state index is 5.59. The zero-order chi connectivity index (χ0) is 19.2. The minimum atomic E-state index is 0.461. The molecule has 0 aliphatic rings. The largest absolute Gasteiger partial charge is 0.497 e. The molecule has 0 aliphatic heterocycles. The molecule has 2 N–H and O–H groups in total. The minimum Gasteiger partial charge on any atom is -0.497 e. The number of aliphatic imine (C=N–C) groups is 1. The SMILES string of the molecule is CCOCCCNC(=NCc1ccc(OC)cc1)NOCc1ccccc1. The monoisotopic (exact) mass is 371 g/mol. The van der Waals surface area contributed by atoms with E-state index >= 15 is 0 Å². The van der Waals surface area contributed by atoms with Crippen LogP contribution in [0.15, 0.2) is 59.6 Å². The second kappa shape index (κ2) is 12.7. The van der Waals surface area contributed by atoms with Crippen molar-refractivity contribution in [2.45, 2.75) is 26.5 Å². The first-order chi connectivity index (χ1) is 13.3. The standard InChI is InChI=1S/C21H29N3O3/c1-3-26-15-7-14-22-21(24-27-17-19-8-5-4-6-9-19)23-16-18-10-12-20(25-2)13-11-18/h4-6,8-13H,3,7,14-17H2,1-2H3,(H2,22,23,24). The highest BCUT2D eigenvalue weighted by Gasteiger charge is 2.01. The summed E-state index contributed by atoms with van der Waals surface area (Å²) in [6.45, 7) is 5.21. The van der Waals surface area contributed by atoms with Gasteiger partial charge in [0.05, 0.1) is 20.3 Å². The van der Waals surface area contributed by atoms with E-state index in [1.165, 1.54) is 0 Å². The van der Waals surface area contributed by atoms with Gasteiger partial charge in [-0.1, -0.05) is 42.5 Å². The van der Waals surface area contributed by atoms with Crippen molar-refractivity contribution in [3.63, 3.8) is 0 Å². The lowest BCUT2D eigenvalue weighted by molar-refractivity contribution is 0.0683. The smallest absolute Gasteiger partial charge is 0.216 e. The van der Waals surface area contributed by atoms with Crippen LogP contribution >= 0.6 is 0 Å². The van der Waals surface area contributed by atoms with Crippen molar-refractivity contribution in [3.05, 3.63) is 65.7 Å². The van der Waals surface area contributed by atoms with E-state index in [2.05, 4.69) is 15.8 Å². The van der Waals surface area contributed by atoms with Crippen molar-refractivity contribution in [2.24, 2.45) is 4.99 Å². The van der Waals surface area contributed by atoms with Crippen LogP contribution in [0.5, 0.6) is 5.75 Å². The van der Waals surface area contributed by atoms with E-state index in [-0.39, 0.29) is 0 Å². The summed E-state index contributed by atoms with van der Waals surface area (Å²) < 4.78 is 10.5. The van der Waals surface area contributed by atoms with Crippen molar-refractivity contribution in [1.82, 2.24) is 10.8 Å². The predicted octanol–water partition coefficient (Wildman–Crippen LogP) is 3.29. The van der Waals surface area contributed by atoms with E-state index < -0.39 is 0 Å². The van der Waals surface area contributed by atoms with Gasteiger partial charge in [-0.05, 0) is 36.6 Å². The van der Waals surface area contributed by atoms with Gasteiger partial charge in [-0.25, -0.2) is 10.5 Å². The van der Waals surface area contributed by atoms with Crippen LogP contribution in [0.1, 0.15) is 24.5 Å². The Morgan fingerprint density at radius 3 is 2.48 bits per heavy atom. The number of rotatable bonds is 11. The molecule has 2 aromatic carbocycles. The van der Waals surface area contributed by atoms with Crippen LogP contribution in [0.25, 0.3) is 0 Å². The molecular formula is C21H29N3O3. The second-order valence-electron chi connectivity index (χ2n) is 5.87. The summed E-state index contributed by atoms with van der Waals surface area (Å²) >= 11 is 0. The highest BCUT2D eigenvalue weighted by Crippen LogP contribution is 2.11. The summed E-state index contributed by atoms with van der Waals surface area (Å²) in [6, 6.07) is 17.9. The van der Waals surface area contributed by atoms with Crippen LogP contribution in [0.2, 0.25) is 0 Å². The third kappa shape index (κ3) is 8.57. The summed E-state index contributed by atoms with van der Waals surface area (Å²) in [5, 5.41) is 3.27. The van der Waals surface area contributed by atoms with E-state index in [9.17, 15) is 0 Å². The number of hydroxylamine groups is 1. The quantitative estimate of drug-likeness (QED) is 0.275. The van der Waals surface area contributed by atoms with Crippen LogP contribution < -0.4 is 15.5 Å². The average molecular weight is 371 g/mol. The van der Waals surface area contributed by atoms with E-state index in [0.29, 0.717) is 19.1 Å². The van der Waals surface area contributed by atoms with Gasteiger partial charge in [0.2, 0.25) is 5.96 Å². The fourth-order valence-electron chi connectivity index (χ4n) is 2.31. The lowest BCUT2D eigenvalue weighted by Gasteiger charge is -2.13. The Morgan fingerprint density at radius 1 is 1.00 bits per heavy atom. The summed E-state index contributed by atoms with van der Waals surface area (Å²) in [5.74, 6) is 1.44. The fourth-order valence-corrected chi connectivity index (χ4v) is 2.31. The average Bonchev–Trinajstić information content (AvgIpc) is 2.72. The van der Waals surface area contributed by atoms with Crippen LogP contribution in [-0.4, -0.2) is 32.8 Å². The molecule has 0 saturated heterocycles. The molecule has 0 amide bonds. The first kappa shape index (κ1) is 20.7. The summed E-state index contributed by atoms with van der Waals surface area (Å²) in [5.41, 5.74) is 5.11. The molecule has 0 aromatic heterocycles. The Kier molecular flexibility index (Phi) is 9.78. The van der Waals surface area contributed by atoms with Gasteiger partial charge in [-0.2, -0.15) is 0 Å². The first-order valence-corrected chi connectivity index (χ1v) is 9.22. The van der Waals surface area contributed by atoms with Gasteiger partial charge in [0.15, 0.2) is 0 Å². The van der Waals surface area contributed by atoms with Gasteiger partial charge in [0.1, 0.15) is 5.75 Å². The number of nitrogens with one attached hydrogen (secondary N) is 2. The van der Waals surface area contributed by atoms with E-state index in [1.54, 1.807) is 7.11 Å². The Labute approximate surface area is 161 Å². The Hall–Kier alpha value is -2.57. The number of nitrogens with zero attached hydrogens (tertiary/aromatic N) is 1. The fraction of sp³-hybridized carbons (Fsp3) is 0.381. The number of guanidine groups is 1. The summed E-state index contributed by atoms with van der Waals surface area (Å²) in [4.78, 5) is 10.2. The first-order valence-electron chi connectivity index (χ1n) is 9.22. The zero-order valence-corrected chi connectivity index (χ0v) is 16.1. The Bertz CT molecular complexity index is 660. The van der Waals surface area contributed by atoms with Crippen LogP contribution in [0, 0.1) is 0 Å². The number of ether oxygens (including phenoxy) is 2. The van der Waals surface area contributed by atoms with Crippen molar-refractivity contribution in [2.75, 3.05) is 26.9 Å². The third-order valence-corrected chi connectivity index (χ3v) is 3.79. The summed E-state index contributed by atoms with van der Waals surface area (Å²) in [6.07, 6.45) is 0.899. The molecule has 27 heavy (non-hydrogen) atoms. The van der Waals surface area contributed by atoms with Crippen molar-refractivity contribution in [1.29, 1.82) is 0 Å². The molecule has 0 heterocycles. The lowest BCUT2D eigenvalue weighted by Crippen LogP contribution is -2.38. The van der Waals surface area contributed by atoms with Gasteiger partial charge >= 0.3 is 0 Å². The Morgan fingerprint density at radius 2 is 1.78 bits per heavy atom. The predicted molar refractivity (Wildman–Crippen MR) is 108 cm³/mol. The molecular weight excluding hydrogens is 342 g/mol. The highest BCUT2D eigenvalue weighted by molar-refractivity contribution is 5.78. The third-order valence-electron chi connectivity index (χ3n) is 3.79. The molecule has 0 unspecified atom stereocenters. The summed E-state index contributed by atoms with van der Waals surface area (Å²) in [7, 11) is 1.66. The number of methoxy groups -OCH3 is 1. The molecule has 146 valence electrons. The van der Waals surface area contributed by atoms with Crippen molar-refractivity contribution in [3.8, 4) is 5.75 Å². The normalized spacial score (nSPS) is 11.3. The van der Waals surface area contributed by atoms with Crippen molar-refractivity contribution < 1.29 is 14.3 Å². The molecule has 0 saturated carbocycles. The van der Waals surface area contributed by atoms with Gasteiger partial charge in [0, 0.05) is 19.8 Å². The maximum absolute atomic E-state index is 5.59. The Balaban J connectivity index is 1.86. The van der Waals surface area contributed by atoms with E-state index in [1.807, 2.05) is 61.5 Å². The highest BCUT2D eigenvalue weighted by atomic mass is 16.6. The van der Waals surface area contributed by atoms with Gasteiger partial charge in [-0.3, -0.25) is 4.84 Å². The van der Waals surface area contributed by atoms with Crippen molar-refractivity contribution >= 4 is 5.96 Å². The molecule has 0 atom stereocenters. The molecule has 0 fully saturated rings. The van der Waals surface area contributed by atoms with Gasteiger partial charge < -0.3 is 14.8 Å². The molecule has 2 rings (SSSR count). The second-order valence-corrected chi connectivity index (χ2v) is 5.87. The molecule has 6 nitrogen and oxygen atoms in total. The van der Waals surface area contributed by atoms with E-state index in [4.69, 9.17) is 14.3 Å². The molecule has 0 spiro atoms. The van der Waals surface area contributed by atoms with Gasteiger partial charge in [-0.15, -0.1) is 0 Å². The molecule has 0 bridgehead atoms. The van der Waals surface area contributed by atoms with Crippen LogP contribution in [0.3, 0.4) is 0 Å². The van der Waals surface area contributed by atoms with Gasteiger partial charge in [0.25, 0.3) is 0 Å². The topological polar surface area (TPSA) is 64.1 Å². The number of benzene rings is 2. The zero-order valence-electron chi connectivity index (χ0n) is 16.1. The number of hydrogen-bond donors (Lipinski definition) is 2. The van der Waals surface area contributed by atoms with E-state index in [0.717, 1.165) is 43.1 Å². The molecule has 0 aliphatic carbocycles. The molecule has 0 radical (unpaired) electrons. The molecule has 6 heteroatoms. The molecule has 2 aromatic rings. The number of hydrogen-bond acceptors (Lipinski definition) is 4. The van der Waals surface area contributed by atoms with Crippen LogP contribution in [0.4, 0.5) is 0 Å². The lowest BCUT2D eigenvalue weighted by atomic mass is 10.2. The minimum absolute atomic E-state index is 0.461.